The van der Waals surface area contributed by atoms with Gasteiger partial charge < -0.3 is 15.0 Å². The number of benzene rings is 1. The van der Waals surface area contributed by atoms with Gasteiger partial charge in [0.05, 0.1) is 6.61 Å². The summed E-state index contributed by atoms with van der Waals surface area (Å²) in [6.07, 6.45) is 0. The summed E-state index contributed by atoms with van der Waals surface area (Å²) in [5.74, 6) is 0. The molecule has 0 bridgehead atoms. The predicted octanol–water partition coefficient (Wildman–Crippen LogP) is 2.14. The quantitative estimate of drug-likeness (QED) is 0.827. The van der Waals surface area contributed by atoms with E-state index < -0.39 is 0 Å². The number of hydrogen-bond acceptors (Lipinski definition) is 3. The van der Waals surface area contributed by atoms with Crippen LogP contribution in [0.5, 0.6) is 0 Å². The summed E-state index contributed by atoms with van der Waals surface area (Å²) < 4.78 is 5.07. The average Bonchev–Trinajstić information content (AvgIpc) is 2.26. The van der Waals surface area contributed by atoms with E-state index in [2.05, 4.69) is 17.3 Å². The number of nitrogens with zero attached hydrogens (tertiary/aromatic N) is 1. The van der Waals surface area contributed by atoms with E-state index in [0.29, 0.717) is 0 Å². The lowest BCUT2D eigenvalue weighted by atomic mass is 10.1. The smallest absolute Gasteiger partial charge is 0.0637 e. The van der Waals surface area contributed by atoms with Crippen molar-refractivity contribution in [2.24, 2.45) is 0 Å². The largest absolute Gasteiger partial charge is 0.383 e. The van der Waals surface area contributed by atoms with Crippen molar-refractivity contribution in [2.45, 2.75) is 6.54 Å². The molecule has 0 unspecified atom stereocenters. The molecule has 90 valence electrons. The molecule has 1 N–H and O–H groups in total. The molecular weight excluding hydrogens is 224 g/mol. The van der Waals surface area contributed by atoms with Crippen molar-refractivity contribution in [2.75, 3.05) is 39.3 Å². The molecule has 0 spiro atoms. The van der Waals surface area contributed by atoms with Crippen LogP contribution in [0.15, 0.2) is 18.2 Å². The van der Waals surface area contributed by atoms with Gasteiger partial charge >= 0.3 is 0 Å². The fraction of sp³-hybridized carbons (Fsp3) is 0.500. The van der Waals surface area contributed by atoms with Crippen molar-refractivity contribution in [1.29, 1.82) is 0 Å². The second kappa shape index (κ2) is 6.74. The first-order valence-corrected chi connectivity index (χ1v) is 5.70. The van der Waals surface area contributed by atoms with Crippen LogP contribution in [0.25, 0.3) is 0 Å². The second-order valence-electron chi connectivity index (χ2n) is 3.72. The predicted molar refractivity (Wildman–Crippen MR) is 69.4 cm³/mol. The van der Waals surface area contributed by atoms with Gasteiger partial charge in [-0.1, -0.05) is 11.6 Å². The Hall–Kier alpha value is -0.770. The number of rotatable bonds is 6. The molecule has 0 aliphatic rings. The molecule has 3 nitrogen and oxygen atoms in total. The van der Waals surface area contributed by atoms with E-state index in [9.17, 15) is 0 Å². The fourth-order valence-electron chi connectivity index (χ4n) is 1.61. The zero-order valence-electron chi connectivity index (χ0n) is 10.1. The number of hydrogen-bond donors (Lipinski definition) is 1. The molecule has 1 rings (SSSR count). The zero-order valence-corrected chi connectivity index (χ0v) is 10.8. The Morgan fingerprint density at radius 3 is 2.81 bits per heavy atom. The Bertz CT molecular complexity index is 331. The Labute approximate surface area is 102 Å². The van der Waals surface area contributed by atoms with Crippen molar-refractivity contribution >= 4 is 17.3 Å². The molecule has 16 heavy (non-hydrogen) atoms. The van der Waals surface area contributed by atoms with Crippen molar-refractivity contribution in [3.63, 3.8) is 0 Å². The summed E-state index contributed by atoms with van der Waals surface area (Å²) in [4.78, 5) is 2.17. The molecule has 0 aromatic heterocycles. The first kappa shape index (κ1) is 13.3. The summed E-state index contributed by atoms with van der Waals surface area (Å²) in [5.41, 5.74) is 2.39. The van der Waals surface area contributed by atoms with Crippen LogP contribution in [0.2, 0.25) is 5.02 Å². The maximum Gasteiger partial charge on any atom is 0.0637 e. The van der Waals surface area contributed by atoms with Gasteiger partial charge in [0, 0.05) is 38.0 Å². The Kier molecular flexibility index (Phi) is 5.60. The van der Waals surface area contributed by atoms with Crippen LogP contribution >= 0.6 is 11.6 Å². The molecule has 0 aliphatic carbocycles. The van der Waals surface area contributed by atoms with Crippen molar-refractivity contribution in [3.05, 3.63) is 28.8 Å². The molecule has 0 saturated carbocycles. The molecule has 1 aromatic carbocycles. The minimum atomic E-state index is 0.720. The molecule has 0 radical (unpaired) electrons. The highest BCUT2D eigenvalue weighted by molar-refractivity contribution is 6.30. The highest BCUT2D eigenvalue weighted by atomic mass is 35.5. The molecule has 0 atom stereocenters. The van der Waals surface area contributed by atoms with Gasteiger partial charge in [0.15, 0.2) is 0 Å². The molecule has 0 aliphatic heterocycles. The van der Waals surface area contributed by atoms with Crippen LogP contribution in [0, 0.1) is 0 Å². The third-order valence-electron chi connectivity index (χ3n) is 2.45. The van der Waals surface area contributed by atoms with Gasteiger partial charge in [0.1, 0.15) is 0 Å². The SMILES string of the molecule is CNCc1cc(Cl)ccc1N(C)CCOC. The van der Waals surface area contributed by atoms with E-state index in [0.717, 1.165) is 24.7 Å². The lowest BCUT2D eigenvalue weighted by Crippen LogP contribution is -2.24. The summed E-state index contributed by atoms with van der Waals surface area (Å²) in [6, 6.07) is 5.96. The molecule has 0 amide bonds. The average molecular weight is 243 g/mol. The fourth-order valence-corrected chi connectivity index (χ4v) is 1.80. The molecule has 4 heteroatoms. The van der Waals surface area contributed by atoms with Gasteiger partial charge in [-0.3, -0.25) is 0 Å². The van der Waals surface area contributed by atoms with Gasteiger partial charge in [0.2, 0.25) is 0 Å². The van der Waals surface area contributed by atoms with Crippen LogP contribution in [-0.4, -0.2) is 34.4 Å². The molecule has 0 saturated heterocycles. The summed E-state index contributed by atoms with van der Waals surface area (Å²) >= 11 is 5.99. The van der Waals surface area contributed by atoms with E-state index in [4.69, 9.17) is 16.3 Å². The molecule has 0 fully saturated rings. The van der Waals surface area contributed by atoms with Gasteiger partial charge in [-0.2, -0.15) is 0 Å². The number of nitrogens with one attached hydrogen (secondary N) is 1. The highest BCUT2D eigenvalue weighted by Gasteiger charge is 2.07. The Morgan fingerprint density at radius 2 is 2.19 bits per heavy atom. The number of methoxy groups -OCH3 is 1. The maximum atomic E-state index is 5.99. The monoisotopic (exact) mass is 242 g/mol. The van der Waals surface area contributed by atoms with Crippen LogP contribution in [0.4, 0.5) is 5.69 Å². The molecule has 1 aromatic rings. The second-order valence-corrected chi connectivity index (χ2v) is 4.15. The van der Waals surface area contributed by atoms with Crippen LogP contribution in [0.3, 0.4) is 0 Å². The number of halogens is 1. The van der Waals surface area contributed by atoms with E-state index in [1.165, 1.54) is 11.3 Å². The number of anilines is 1. The standard InChI is InChI=1S/C12H19ClN2O/c1-14-9-10-8-11(13)4-5-12(10)15(2)6-7-16-3/h4-5,8,14H,6-7,9H2,1-3H3. The van der Waals surface area contributed by atoms with Gasteiger partial charge in [-0.25, -0.2) is 0 Å². The molecule has 0 heterocycles. The zero-order chi connectivity index (χ0) is 12.0. The van der Waals surface area contributed by atoms with Gasteiger partial charge in [-0.05, 0) is 30.8 Å². The maximum absolute atomic E-state index is 5.99. The normalized spacial score (nSPS) is 10.5. The van der Waals surface area contributed by atoms with E-state index in [-0.39, 0.29) is 0 Å². The first-order valence-electron chi connectivity index (χ1n) is 5.32. The van der Waals surface area contributed by atoms with Crippen LogP contribution in [-0.2, 0) is 11.3 Å². The Balaban J connectivity index is 2.84. The third kappa shape index (κ3) is 3.67. The first-order chi connectivity index (χ1) is 7.69. The van der Waals surface area contributed by atoms with Crippen LogP contribution < -0.4 is 10.2 Å². The highest BCUT2D eigenvalue weighted by Crippen LogP contribution is 2.23. The van der Waals surface area contributed by atoms with Crippen LogP contribution in [0.1, 0.15) is 5.56 Å². The summed E-state index contributed by atoms with van der Waals surface area (Å²) in [6.45, 7) is 2.40. The summed E-state index contributed by atoms with van der Waals surface area (Å²) in [5, 5.41) is 3.92. The lowest BCUT2D eigenvalue weighted by Gasteiger charge is -2.22. The molecular formula is C12H19ClN2O. The third-order valence-corrected chi connectivity index (χ3v) is 2.69. The van der Waals surface area contributed by atoms with E-state index >= 15 is 0 Å². The Morgan fingerprint density at radius 1 is 1.44 bits per heavy atom. The van der Waals surface area contributed by atoms with E-state index in [1.54, 1.807) is 7.11 Å². The number of likely N-dealkylation sites (N-methyl/N-ethyl adjacent to an activating group) is 1. The topological polar surface area (TPSA) is 24.5 Å². The van der Waals surface area contributed by atoms with Crippen molar-refractivity contribution in [3.8, 4) is 0 Å². The minimum Gasteiger partial charge on any atom is -0.383 e. The van der Waals surface area contributed by atoms with Crippen molar-refractivity contribution < 1.29 is 4.74 Å². The van der Waals surface area contributed by atoms with Crippen molar-refractivity contribution in [1.82, 2.24) is 5.32 Å². The van der Waals surface area contributed by atoms with Gasteiger partial charge in [-0.15, -0.1) is 0 Å². The van der Waals surface area contributed by atoms with E-state index in [1.807, 2.05) is 25.2 Å². The number of ether oxygens (including phenoxy) is 1. The lowest BCUT2D eigenvalue weighted by molar-refractivity contribution is 0.206. The summed E-state index contributed by atoms with van der Waals surface area (Å²) in [7, 11) is 5.70. The minimum absolute atomic E-state index is 0.720. The van der Waals surface area contributed by atoms with Gasteiger partial charge in [0.25, 0.3) is 0 Å².